The zero-order chi connectivity index (χ0) is 12.7. The minimum atomic E-state index is -0.532. The highest BCUT2D eigenvalue weighted by molar-refractivity contribution is 8.03. The molecule has 1 N–H and O–H groups in total. The van der Waals surface area contributed by atoms with Crippen molar-refractivity contribution in [2.75, 3.05) is 4.90 Å². The number of allylic oxidation sites excluding steroid dienone is 1. The van der Waals surface area contributed by atoms with Crippen LogP contribution in [-0.4, -0.2) is 5.84 Å². The van der Waals surface area contributed by atoms with Crippen LogP contribution in [0.4, 0.5) is 5.69 Å². The summed E-state index contributed by atoms with van der Waals surface area (Å²) in [6.07, 6.45) is 0.346. The minimum absolute atomic E-state index is 0.268. The maximum absolute atomic E-state index is 9.19. The van der Waals surface area contributed by atoms with Gasteiger partial charge in [0.1, 0.15) is 11.8 Å². The van der Waals surface area contributed by atoms with E-state index in [2.05, 4.69) is 12.1 Å². The third kappa shape index (κ3) is 1.35. The van der Waals surface area contributed by atoms with Gasteiger partial charge in [0.05, 0.1) is 28.4 Å². The SMILES string of the molecule is N#CC1=C2Sc3ccccc3N2C(=N)C(C#N)C1. The van der Waals surface area contributed by atoms with Crippen molar-refractivity contribution in [1.29, 1.82) is 15.9 Å². The monoisotopic (exact) mass is 252 g/mol. The first-order valence-electron chi connectivity index (χ1n) is 5.44. The van der Waals surface area contributed by atoms with Crippen LogP contribution in [-0.2, 0) is 0 Å². The summed E-state index contributed by atoms with van der Waals surface area (Å²) >= 11 is 1.50. The van der Waals surface area contributed by atoms with Crippen molar-refractivity contribution in [2.24, 2.45) is 5.92 Å². The zero-order valence-corrected chi connectivity index (χ0v) is 10.2. The van der Waals surface area contributed by atoms with Crippen LogP contribution < -0.4 is 4.90 Å². The summed E-state index contributed by atoms with van der Waals surface area (Å²) in [6, 6.07) is 12.0. The maximum atomic E-state index is 9.19. The summed E-state index contributed by atoms with van der Waals surface area (Å²) in [5.74, 6) is -0.265. The van der Waals surface area contributed by atoms with Crippen molar-refractivity contribution in [3.8, 4) is 12.1 Å². The molecule has 1 aromatic carbocycles. The molecule has 5 heteroatoms. The van der Waals surface area contributed by atoms with Gasteiger partial charge in [0, 0.05) is 11.3 Å². The van der Waals surface area contributed by atoms with Gasteiger partial charge in [-0.3, -0.25) is 10.3 Å². The summed E-state index contributed by atoms with van der Waals surface area (Å²) in [5.41, 5.74) is 1.49. The lowest BCUT2D eigenvalue weighted by Crippen LogP contribution is -2.36. The van der Waals surface area contributed by atoms with Gasteiger partial charge in [-0.2, -0.15) is 10.5 Å². The fourth-order valence-electron chi connectivity index (χ4n) is 2.17. The number of nitriles is 2. The Hall–Kier alpha value is -2.24. The van der Waals surface area contributed by atoms with Gasteiger partial charge in [-0.1, -0.05) is 23.9 Å². The van der Waals surface area contributed by atoms with Crippen molar-refractivity contribution in [2.45, 2.75) is 11.3 Å². The van der Waals surface area contributed by atoms with E-state index >= 15 is 0 Å². The van der Waals surface area contributed by atoms with Crippen LogP contribution in [0.5, 0.6) is 0 Å². The molecular weight excluding hydrogens is 244 g/mol. The second-order valence-corrected chi connectivity index (χ2v) is 5.10. The Balaban J connectivity index is 2.21. The number of para-hydroxylation sites is 1. The van der Waals surface area contributed by atoms with Gasteiger partial charge in [0.2, 0.25) is 0 Å². The summed E-state index contributed by atoms with van der Waals surface area (Å²) in [5, 5.41) is 27.2. The molecule has 1 atom stereocenters. The number of thioether (sulfide) groups is 1. The Bertz CT molecular complexity index is 662. The number of rotatable bonds is 0. The number of amidine groups is 1. The number of benzene rings is 1. The number of fused-ring (bicyclic) bond motifs is 3. The van der Waals surface area contributed by atoms with Crippen LogP contribution >= 0.6 is 11.8 Å². The zero-order valence-electron chi connectivity index (χ0n) is 9.34. The molecule has 4 nitrogen and oxygen atoms in total. The van der Waals surface area contributed by atoms with Crippen LogP contribution in [0.25, 0.3) is 0 Å². The molecule has 0 aliphatic carbocycles. The van der Waals surface area contributed by atoms with E-state index in [4.69, 9.17) is 10.7 Å². The number of hydrogen-bond acceptors (Lipinski definition) is 4. The van der Waals surface area contributed by atoms with Gasteiger partial charge in [0.15, 0.2) is 0 Å². The third-order valence-corrected chi connectivity index (χ3v) is 4.23. The van der Waals surface area contributed by atoms with E-state index in [0.717, 1.165) is 15.6 Å². The fourth-order valence-corrected chi connectivity index (χ4v) is 3.33. The molecule has 1 unspecified atom stereocenters. The smallest absolute Gasteiger partial charge is 0.123 e. The molecule has 0 spiro atoms. The van der Waals surface area contributed by atoms with Gasteiger partial charge in [0.25, 0.3) is 0 Å². The van der Waals surface area contributed by atoms with E-state index in [1.165, 1.54) is 11.8 Å². The number of hydrogen-bond donors (Lipinski definition) is 1. The fraction of sp³-hybridized carbons (Fsp3) is 0.154. The Labute approximate surface area is 109 Å². The molecule has 0 radical (unpaired) electrons. The molecule has 0 saturated heterocycles. The molecule has 86 valence electrons. The third-order valence-electron chi connectivity index (χ3n) is 3.04. The van der Waals surface area contributed by atoms with Crippen molar-refractivity contribution in [1.82, 2.24) is 0 Å². The standard InChI is InChI=1S/C13H8N4S/c14-6-8-5-9(7-15)13-17(12(8)16)10-3-1-2-4-11(10)18-13/h1-4,8,16H,5H2. The summed E-state index contributed by atoms with van der Waals surface area (Å²) in [4.78, 5) is 2.76. The average Bonchev–Trinajstić information content (AvgIpc) is 2.79. The summed E-state index contributed by atoms with van der Waals surface area (Å²) in [6.45, 7) is 0. The molecule has 2 aliphatic heterocycles. The summed E-state index contributed by atoms with van der Waals surface area (Å²) < 4.78 is 0. The quantitative estimate of drug-likeness (QED) is 0.770. The maximum Gasteiger partial charge on any atom is 0.123 e. The van der Waals surface area contributed by atoms with Crippen molar-refractivity contribution >= 4 is 23.3 Å². The largest absolute Gasteiger partial charge is 0.290 e. The first-order chi connectivity index (χ1) is 8.76. The minimum Gasteiger partial charge on any atom is -0.290 e. The topological polar surface area (TPSA) is 74.7 Å². The highest BCUT2D eigenvalue weighted by Crippen LogP contribution is 2.50. The van der Waals surface area contributed by atoms with Crippen LogP contribution in [0.15, 0.2) is 39.8 Å². The highest BCUT2D eigenvalue weighted by Gasteiger charge is 2.38. The second-order valence-electron chi connectivity index (χ2n) is 4.07. The Morgan fingerprint density at radius 2 is 2.11 bits per heavy atom. The first-order valence-corrected chi connectivity index (χ1v) is 6.26. The van der Waals surface area contributed by atoms with Crippen LogP contribution in [0, 0.1) is 34.0 Å². The van der Waals surface area contributed by atoms with E-state index in [1.54, 1.807) is 4.90 Å². The number of anilines is 1. The predicted octanol–water partition coefficient (Wildman–Crippen LogP) is 2.85. The normalized spacial score (nSPS) is 21.1. The Morgan fingerprint density at radius 1 is 1.33 bits per heavy atom. The van der Waals surface area contributed by atoms with Gasteiger partial charge in [-0.05, 0) is 12.1 Å². The molecule has 0 fully saturated rings. The van der Waals surface area contributed by atoms with Crippen LogP contribution in [0.3, 0.4) is 0 Å². The lowest BCUT2D eigenvalue weighted by molar-refractivity contribution is 0.816. The molecule has 2 aliphatic rings. The van der Waals surface area contributed by atoms with E-state index in [1.807, 2.05) is 24.3 Å². The highest BCUT2D eigenvalue weighted by atomic mass is 32.2. The summed E-state index contributed by atoms with van der Waals surface area (Å²) in [7, 11) is 0. The second kappa shape index (κ2) is 3.90. The van der Waals surface area contributed by atoms with Gasteiger partial charge in [-0.25, -0.2) is 0 Å². The number of nitrogens with zero attached hydrogens (tertiary/aromatic N) is 3. The molecule has 0 aromatic heterocycles. The molecule has 3 rings (SSSR count). The molecular formula is C13H8N4S. The van der Waals surface area contributed by atoms with Crippen LogP contribution in [0.1, 0.15) is 6.42 Å². The molecule has 1 aromatic rings. The van der Waals surface area contributed by atoms with E-state index in [0.29, 0.717) is 12.0 Å². The van der Waals surface area contributed by atoms with Gasteiger partial charge in [-0.15, -0.1) is 0 Å². The van der Waals surface area contributed by atoms with Crippen LogP contribution in [0.2, 0.25) is 0 Å². The lowest BCUT2D eigenvalue weighted by Gasteiger charge is -2.29. The lowest BCUT2D eigenvalue weighted by atomic mass is 9.96. The van der Waals surface area contributed by atoms with Crippen molar-refractivity contribution in [3.05, 3.63) is 34.9 Å². The predicted molar refractivity (Wildman–Crippen MR) is 68.9 cm³/mol. The number of nitrogens with one attached hydrogen (secondary N) is 1. The Morgan fingerprint density at radius 3 is 2.83 bits per heavy atom. The molecule has 0 saturated carbocycles. The molecule has 18 heavy (non-hydrogen) atoms. The Kier molecular flexibility index (Phi) is 2.36. The average molecular weight is 252 g/mol. The van der Waals surface area contributed by atoms with Crippen molar-refractivity contribution in [3.63, 3.8) is 0 Å². The first kappa shape index (κ1) is 10.9. The van der Waals surface area contributed by atoms with Crippen molar-refractivity contribution < 1.29 is 0 Å². The van der Waals surface area contributed by atoms with Gasteiger partial charge < -0.3 is 0 Å². The van der Waals surface area contributed by atoms with E-state index in [9.17, 15) is 5.26 Å². The van der Waals surface area contributed by atoms with E-state index < -0.39 is 5.92 Å². The van der Waals surface area contributed by atoms with E-state index in [-0.39, 0.29) is 5.84 Å². The molecule has 2 heterocycles. The molecule has 0 bridgehead atoms. The molecule has 0 amide bonds. The van der Waals surface area contributed by atoms with Gasteiger partial charge >= 0.3 is 0 Å².